The number of carbonyl (C=O) groups is 1. The molecule has 3 aromatic heterocycles. The molecule has 148 valence electrons. The van der Waals surface area contributed by atoms with Crippen molar-refractivity contribution in [2.45, 2.75) is 33.3 Å². The molecule has 0 aliphatic heterocycles. The number of pyridine rings is 1. The number of nitrogens with one attached hydrogen (secondary N) is 1. The van der Waals surface area contributed by atoms with Crippen LogP contribution in [-0.2, 0) is 13.0 Å². The molecule has 0 aliphatic rings. The first kappa shape index (κ1) is 19.1. The zero-order valence-electron chi connectivity index (χ0n) is 16.3. The summed E-state index contributed by atoms with van der Waals surface area (Å²) in [4.78, 5) is 17.1. The smallest absolute Gasteiger partial charge is 0.257 e. The topological polar surface area (TPSA) is 81.4 Å². The van der Waals surface area contributed by atoms with Gasteiger partial charge in [-0.1, -0.05) is 30.4 Å². The lowest BCUT2D eigenvalue weighted by atomic mass is 10.2. The second kappa shape index (κ2) is 8.40. The van der Waals surface area contributed by atoms with Gasteiger partial charge in [-0.2, -0.15) is 0 Å². The Hall–Kier alpha value is -3.26. The van der Waals surface area contributed by atoms with E-state index in [0.717, 1.165) is 29.2 Å². The Bertz CT molecular complexity index is 1150. The third-order valence-electron chi connectivity index (χ3n) is 4.28. The molecule has 29 heavy (non-hydrogen) atoms. The summed E-state index contributed by atoms with van der Waals surface area (Å²) in [7, 11) is 0. The monoisotopic (exact) mass is 407 g/mol. The van der Waals surface area contributed by atoms with Crippen molar-refractivity contribution >= 4 is 28.0 Å². The van der Waals surface area contributed by atoms with Crippen LogP contribution in [0.25, 0.3) is 5.65 Å². The minimum atomic E-state index is -0.238. The van der Waals surface area contributed by atoms with Gasteiger partial charge in [-0.3, -0.25) is 10.1 Å². The molecule has 0 spiro atoms. The molecule has 0 saturated carbocycles. The maximum absolute atomic E-state index is 12.5. The van der Waals surface area contributed by atoms with Gasteiger partial charge in [0.05, 0.1) is 5.69 Å². The zero-order valence-corrected chi connectivity index (χ0v) is 17.1. The summed E-state index contributed by atoms with van der Waals surface area (Å²) < 4.78 is 7.83. The number of ether oxygens (including phenoxy) is 1. The van der Waals surface area contributed by atoms with Crippen LogP contribution in [0.5, 0.6) is 5.75 Å². The van der Waals surface area contributed by atoms with Crippen molar-refractivity contribution in [2.24, 2.45) is 0 Å². The number of rotatable bonds is 7. The van der Waals surface area contributed by atoms with E-state index in [9.17, 15) is 4.79 Å². The van der Waals surface area contributed by atoms with Crippen LogP contribution in [0.3, 0.4) is 0 Å². The van der Waals surface area contributed by atoms with Crippen molar-refractivity contribution in [3.8, 4) is 5.75 Å². The van der Waals surface area contributed by atoms with Crippen LogP contribution in [0.2, 0.25) is 0 Å². The molecular formula is C21H21N5O2S. The molecule has 1 aromatic carbocycles. The minimum absolute atomic E-state index is 0.238. The summed E-state index contributed by atoms with van der Waals surface area (Å²) in [5.74, 6) is 0.368. The average Bonchev–Trinajstić information content (AvgIpc) is 3.33. The summed E-state index contributed by atoms with van der Waals surface area (Å²) in [5.41, 5.74) is 3.36. The van der Waals surface area contributed by atoms with Gasteiger partial charge in [0.15, 0.2) is 0 Å². The number of fused-ring (bicyclic) bond motifs is 1. The molecule has 0 saturated heterocycles. The predicted molar refractivity (Wildman–Crippen MR) is 113 cm³/mol. The summed E-state index contributed by atoms with van der Waals surface area (Å²) in [5, 5.41) is 12.3. The Morgan fingerprint density at radius 2 is 2.10 bits per heavy atom. The highest BCUT2D eigenvalue weighted by atomic mass is 32.1. The number of amides is 1. The fourth-order valence-corrected chi connectivity index (χ4v) is 3.73. The van der Waals surface area contributed by atoms with Gasteiger partial charge < -0.3 is 9.14 Å². The number of benzene rings is 1. The van der Waals surface area contributed by atoms with E-state index in [1.54, 1.807) is 18.2 Å². The Morgan fingerprint density at radius 1 is 1.21 bits per heavy atom. The molecular weight excluding hydrogens is 386 g/mol. The number of anilines is 1. The van der Waals surface area contributed by atoms with E-state index in [-0.39, 0.29) is 5.91 Å². The van der Waals surface area contributed by atoms with Crippen LogP contribution in [-0.4, -0.2) is 25.5 Å². The van der Waals surface area contributed by atoms with Gasteiger partial charge in [0, 0.05) is 24.4 Å². The molecule has 1 amide bonds. The molecule has 7 nitrogen and oxygen atoms in total. The highest BCUT2D eigenvalue weighted by Gasteiger charge is 2.11. The molecule has 8 heteroatoms. The highest BCUT2D eigenvalue weighted by Crippen LogP contribution is 2.20. The summed E-state index contributed by atoms with van der Waals surface area (Å²) in [6.45, 7) is 4.44. The fourth-order valence-electron chi connectivity index (χ4n) is 2.90. The van der Waals surface area contributed by atoms with Crippen molar-refractivity contribution in [3.63, 3.8) is 0 Å². The molecule has 0 bridgehead atoms. The minimum Gasteiger partial charge on any atom is -0.487 e. The van der Waals surface area contributed by atoms with E-state index in [0.29, 0.717) is 23.1 Å². The van der Waals surface area contributed by atoms with Crippen molar-refractivity contribution in [2.75, 3.05) is 5.32 Å². The Kier molecular flexibility index (Phi) is 5.53. The van der Waals surface area contributed by atoms with Crippen LogP contribution in [0.1, 0.15) is 40.0 Å². The average molecular weight is 407 g/mol. The first-order valence-corrected chi connectivity index (χ1v) is 10.2. The molecule has 0 unspecified atom stereocenters. The number of carbonyl (C=O) groups excluding carboxylic acids is 1. The Labute approximate surface area is 172 Å². The SMILES string of the molecule is CCCc1nnc(NC(=O)c2cccc(OCc3cn4cc(C)ccc4n3)c2)s1. The maximum Gasteiger partial charge on any atom is 0.257 e. The van der Waals surface area contributed by atoms with E-state index in [4.69, 9.17) is 4.74 Å². The first-order chi connectivity index (χ1) is 14.1. The Morgan fingerprint density at radius 3 is 2.97 bits per heavy atom. The van der Waals surface area contributed by atoms with E-state index >= 15 is 0 Å². The molecule has 3 heterocycles. The lowest BCUT2D eigenvalue weighted by Crippen LogP contribution is -2.11. The van der Waals surface area contributed by atoms with E-state index in [1.807, 2.05) is 41.9 Å². The third kappa shape index (κ3) is 4.60. The van der Waals surface area contributed by atoms with Gasteiger partial charge in [-0.05, 0) is 43.2 Å². The normalized spacial score (nSPS) is 11.0. The largest absolute Gasteiger partial charge is 0.487 e. The van der Waals surface area contributed by atoms with Crippen LogP contribution in [0, 0.1) is 6.92 Å². The maximum atomic E-state index is 12.5. The number of aryl methyl sites for hydroxylation is 2. The van der Waals surface area contributed by atoms with Gasteiger partial charge in [-0.25, -0.2) is 4.98 Å². The highest BCUT2D eigenvalue weighted by molar-refractivity contribution is 7.15. The second-order valence-corrected chi connectivity index (χ2v) is 7.79. The number of nitrogens with zero attached hydrogens (tertiary/aromatic N) is 4. The summed E-state index contributed by atoms with van der Waals surface area (Å²) in [6, 6.07) is 11.1. The van der Waals surface area contributed by atoms with Crippen LogP contribution >= 0.6 is 11.3 Å². The van der Waals surface area contributed by atoms with Gasteiger partial charge in [0.2, 0.25) is 5.13 Å². The third-order valence-corrected chi connectivity index (χ3v) is 5.18. The van der Waals surface area contributed by atoms with Gasteiger partial charge in [-0.15, -0.1) is 10.2 Å². The van der Waals surface area contributed by atoms with Crippen molar-refractivity contribution in [3.05, 3.63) is 70.6 Å². The van der Waals surface area contributed by atoms with Crippen molar-refractivity contribution in [1.82, 2.24) is 19.6 Å². The van der Waals surface area contributed by atoms with Crippen molar-refractivity contribution < 1.29 is 9.53 Å². The lowest BCUT2D eigenvalue weighted by Gasteiger charge is -2.06. The summed E-state index contributed by atoms with van der Waals surface area (Å²) in [6.07, 6.45) is 5.83. The van der Waals surface area contributed by atoms with Gasteiger partial charge in [0.1, 0.15) is 23.0 Å². The fraction of sp³-hybridized carbons (Fsp3) is 0.238. The standard InChI is InChI=1S/C21H21N5O2S/c1-3-5-19-24-25-21(29-19)23-20(27)15-6-4-7-17(10-15)28-13-16-12-26-11-14(2)8-9-18(26)22-16/h4,6-12H,3,5,13H2,1-2H3,(H,23,25,27). The Balaban J connectivity index is 1.41. The van der Waals surface area contributed by atoms with Crippen LogP contribution in [0.4, 0.5) is 5.13 Å². The molecule has 0 radical (unpaired) electrons. The quantitative estimate of drug-likeness (QED) is 0.495. The molecule has 0 aliphatic carbocycles. The van der Waals surface area contributed by atoms with E-state index in [1.165, 1.54) is 16.9 Å². The molecule has 0 fully saturated rings. The summed E-state index contributed by atoms with van der Waals surface area (Å²) >= 11 is 1.40. The molecule has 1 N–H and O–H groups in total. The van der Waals surface area contributed by atoms with E-state index < -0.39 is 0 Å². The van der Waals surface area contributed by atoms with Gasteiger partial charge in [0.25, 0.3) is 5.91 Å². The van der Waals surface area contributed by atoms with Crippen LogP contribution in [0.15, 0.2) is 48.8 Å². The van der Waals surface area contributed by atoms with Crippen molar-refractivity contribution in [1.29, 1.82) is 0 Å². The molecule has 4 aromatic rings. The van der Waals surface area contributed by atoms with Crippen LogP contribution < -0.4 is 10.1 Å². The second-order valence-electron chi connectivity index (χ2n) is 6.73. The molecule has 0 atom stereocenters. The molecule has 4 rings (SSSR count). The van der Waals surface area contributed by atoms with E-state index in [2.05, 4.69) is 27.4 Å². The number of aromatic nitrogens is 4. The lowest BCUT2D eigenvalue weighted by molar-refractivity contribution is 0.102. The number of imidazole rings is 1. The predicted octanol–water partition coefficient (Wildman–Crippen LogP) is 4.28. The first-order valence-electron chi connectivity index (χ1n) is 9.41. The zero-order chi connectivity index (χ0) is 20.2. The van der Waals surface area contributed by atoms with Gasteiger partial charge >= 0.3 is 0 Å². The number of hydrogen-bond acceptors (Lipinski definition) is 6. The number of hydrogen-bond donors (Lipinski definition) is 1.